The topological polar surface area (TPSA) is 417 Å². The number of hydrogen-bond acceptors (Lipinski definition) is 21. The Kier molecular flexibility index (Phi) is 16.8. The van der Waals surface area contributed by atoms with Crippen molar-refractivity contribution in [3.8, 4) is 0 Å². The van der Waals surface area contributed by atoms with Crippen molar-refractivity contribution >= 4 is 75.2 Å². The average Bonchev–Trinajstić information content (AvgIpc) is 3.77. The molecule has 5 rings (SSSR count). The van der Waals surface area contributed by atoms with Gasteiger partial charge in [-0.25, -0.2) is 33.6 Å². The van der Waals surface area contributed by atoms with Crippen LogP contribution in [0.5, 0.6) is 0 Å². The fourth-order valence-electron chi connectivity index (χ4n) is 6.26. The molecule has 0 saturated carbocycles. The lowest BCUT2D eigenvalue weighted by molar-refractivity contribution is -0.137. The molecule has 64 heavy (non-hydrogen) atoms. The highest BCUT2D eigenvalue weighted by atomic mass is 32.2. The van der Waals surface area contributed by atoms with Gasteiger partial charge in [-0.3, -0.25) is 32.5 Å². The van der Waals surface area contributed by atoms with Crippen LogP contribution in [0.3, 0.4) is 0 Å². The minimum Gasteiger partial charge on any atom is -0.389 e. The van der Waals surface area contributed by atoms with E-state index in [1.165, 1.54) is 26.8 Å². The molecule has 1 saturated heterocycles. The summed E-state index contributed by atoms with van der Waals surface area (Å²) in [6.07, 6.45) is -5.21. The largest absolute Gasteiger partial charge is 0.481 e. The summed E-state index contributed by atoms with van der Waals surface area (Å²) < 4.78 is 62.3. The van der Waals surface area contributed by atoms with Crippen LogP contribution < -0.4 is 16.4 Å². The summed E-state index contributed by atoms with van der Waals surface area (Å²) in [5, 5.41) is 46.6. The van der Waals surface area contributed by atoms with Gasteiger partial charge >= 0.3 is 23.5 Å². The van der Waals surface area contributed by atoms with Crippen LogP contribution in [-0.4, -0.2) is 138 Å². The zero-order chi connectivity index (χ0) is 47.4. The lowest BCUT2D eigenvalue weighted by Gasteiger charge is -2.30. The lowest BCUT2D eigenvalue weighted by Crippen LogP contribution is -2.46. The van der Waals surface area contributed by atoms with E-state index in [1.807, 2.05) is 0 Å². The number of anilines is 1. The fourth-order valence-corrected chi connectivity index (χ4v) is 9.73. The fraction of sp³-hybridized carbons (Fsp3) is 0.545. The molecule has 4 heterocycles. The molecule has 9 atom stereocenters. The summed E-state index contributed by atoms with van der Waals surface area (Å²) in [5.41, 5.74) is 5.51. The van der Waals surface area contributed by atoms with Crippen LogP contribution in [0.2, 0.25) is 0 Å². The predicted molar refractivity (Wildman–Crippen MR) is 220 cm³/mol. The molecule has 2 amide bonds. The maximum absolute atomic E-state index is 12.8. The molecule has 31 heteroatoms. The molecular weight excluding hydrogens is 937 g/mol. The van der Waals surface area contributed by atoms with Gasteiger partial charge in [-0.2, -0.15) is 4.31 Å². The first-order chi connectivity index (χ1) is 29.8. The first-order valence-corrected chi connectivity index (χ1v) is 24.4. The first-order valence-electron chi connectivity index (χ1n) is 18.9. The molecule has 0 aromatic carbocycles. The van der Waals surface area contributed by atoms with Crippen molar-refractivity contribution in [3.63, 3.8) is 0 Å². The quantitative estimate of drug-likeness (QED) is 0.0489. The van der Waals surface area contributed by atoms with Crippen molar-refractivity contribution in [3.05, 3.63) is 47.3 Å². The second-order valence-electron chi connectivity index (χ2n) is 14.9. The van der Waals surface area contributed by atoms with E-state index in [2.05, 4.69) is 39.4 Å². The standard InChI is InChI=1S/C33H47N8O19P3S/c1-16(42)18-11-19(40-23-17(18)5-4-6-20(23)43)32(48)64-10-9-35-22(44)7-8-36-30(47)27(46)33(2,3)13-57-63(54,55)60-62(52,53)56-12-21-26(59-61(49,50)51)25(45)31(58-21)41-15-39-24-28(34)37-14-38-29(24)41/h4-5,11,14-16,20-21,25-27,31,42-43,45-46H,6-10,12-13H2,1-3H3,(H,35,44)(H,36,47)(H,52,53)(H,54,55)(H2,34,37,38)(H2,49,50,51). The third kappa shape index (κ3) is 13.3. The smallest absolute Gasteiger partial charge is 0.389 e. The number of phosphoric acid groups is 3. The number of aromatic nitrogens is 5. The highest BCUT2D eigenvalue weighted by Gasteiger charge is 2.50. The van der Waals surface area contributed by atoms with Gasteiger partial charge in [0.25, 0.3) is 0 Å². The number of phosphoric ester groups is 3. The van der Waals surface area contributed by atoms with Crippen molar-refractivity contribution in [2.45, 2.75) is 76.5 Å². The molecule has 0 bridgehead atoms. The number of nitrogens with one attached hydrogen (secondary N) is 2. The van der Waals surface area contributed by atoms with Crippen molar-refractivity contribution in [1.29, 1.82) is 0 Å². The van der Waals surface area contributed by atoms with Gasteiger partial charge in [0.05, 0.1) is 31.3 Å². The second kappa shape index (κ2) is 20.9. The van der Waals surface area contributed by atoms with Crippen LogP contribution >= 0.6 is 35.2 Å². The molecule has 27 nitrogen and oxygen atoms in total. The number of nitrogens with two attached hydrogens (primary N) is 1. The molecule has 12 N–H and O–H groups in total. The summed E-state index contributed by atoms with van der Waals surface area (Å²) in [6.45, 7) is 1.69. The van der Waals surface area contributed by atoms with Crippen LogP contribution in [0.4, 0.5) is 5.82 Å². The predicted octanol–water partition coefficient (Wildman–Crippen LogP) is -0.123. The van der Waals surface area contributed by atoms with E-state index < -0.39 is 102 Å². The van der Waals surface area contributed by atoms with E-state index in [1.54, 1.807) is 12.2 Å². The molecule has 1 aliphatic heterocycles. The molecule has 0 radical (unpaired) electrons. The highest BCUT2D eigenvalue weighted by molar-refractivity contribution is 8.14. The lowest BCUT2D eigenvalue weighted by atomic mass is 9.87. The van der Waals surface area contributed by atoms with Gasteiger partial charge < -0.3 is 61.1 Å². The van der Waals surface area contributed by atoms with Gasteiger partial charge in [-0.05, 0) is 25.0 Å². The Labute approximate surface area is 367 Å². The van der Waals surface area contributed by atoms with E-state index >= 15 is 0 Å². The van der Waals surface area contributed by atoms with E-state index in [4.69, 9.17) is 19.5 Å². The molecule has 0 spiro atoms. The molecular formula is C33H47N8O19P3S. The van der Waals surface area contributed by atoms with Crippen LogP contribution in [0.25, 0.3) is 17.2 Å². The second-order valence-corrected chi connectivity index (χ2v) is 20.2. The number of hydrogen-bond donors (Lipinski definition) is 11. The summed E-state index contributed by atoms with van der Waals surface area (Å²) in [4.78, 5) is 93.3. The minimum atomic E-state index is -5.60. The number of nitrogen functional groups attached to an aromatic ring is 1. The molecule has 3 aromatic heterocycles. The molecule has 2 aliphatic rings. The van der Waals surface area contributed by atoms with Gasteiger partial charge in [0, 0.05) is 36.2 Å². The summed E-state index contributed by atoms with van der Waals surface area (Å²) in [6, 6.07) is 1.45. The number of imidazole rings is 1. The average molecular weight is 985 g/mol. The number of carbonyl (C=O) groups is 3. The summed E-state index contributed by atoms with van der Waals surface area (Å²) >= 11 is 0.852. The molecule has 3 aromatic rings. The van der Waals surface area contributed by atoms with Crippen LogP contribution in [-0.2, 0) is 45.9 Å². The van der Waals surface area contributed by atoms with Crippen LogP contribution in [0.1, 0.15) is 79.4 Å². The van der Waals surface area contributed by atoms with Crippen molar-refractivity contribution in [2.75, 3.05) is 37.8 Å². The zero-order valence-corrected chi connectivity index (χ0v) is 37.5. The molecule has 1 fully saturated rings. The van der Waals surface area contributed by atoms with Gasteiger partial charge in [0.15, 0.2) is 17.7 Å². The Balaban J connectivity index is 1.05. The van der Waals surface area contributed by atoms with Gasteiger partial charge in [-0.1, -0.05) is 37.8 Å². The number of thioether (sulfide) groups is 1. The maximum Gasteiger partial charge on any atom is 0.481 e. The molecule has 9 unspecified atom stereocenters. The third-order valence-corrected chi connectivity index (χ3v) is 13.5. The van der Waals surface area contributed by atoms with E-state index in [0.717, 1.165) is 29.0 Å². The Morgan fingerprint density at radius 2 is 1.75 bits per heavy atom. The number of aliphatic hydroxyl groups is 4. The van der Waals surface area contributed by atoms with Crippen LogP contribution in [0, 0.1) is 5.41 Å². The molecule has 354 valence electrons. The van der Waals surface area contributed by atoms with Gasteiger partial charge in [-0.15, -0.1) is 0 Å². The number of fused-ring (bicyclic) bond motifs is 2. The highest BCUT2D eigenvalue weighted by Crippen LogP contribution is 2.61. The number of pyridine rings is 1. The number of ether oxygens (including phenoxy) is 1. The minimum absolute atomic E-state index is 0.0186. The summed E-state index contributed by atoms with van der Waals surface area (Å²) in [7, 11) is -16.5. The Bertz CT molecular complexity index is 2380. The number of amides is 2. The Morgan fingerprint density at radius 1 is 1.05 bits per heavy atom. The van der Waals surface area contributed by atoms with E-state index in [0.29, 0.717) is 17.5 Å². The number of carbonyl (C=O) groups excluding carboxylic acids is 3. The normalized spacial score (nSPS) is 22.9. The number of rotatable bonds is 21. The maximum atomic E-state index is 12.8. The Morgan fingerprint density at radius 3 is 2.44 bits per heavy atom. The van der Waals surface area contributed by atoms with Gasteiger partial charge in [0.1, 0.15) is 48.1 Å². The van der Waals surface area contributed by atoms with Crippen LogP contribution in [0.15, 0.2) is 24.8 Å². The summed E-state index contributed by atoms with van der Waals surface area (Å²) in [5.74, 6) is -1.46. The van der Waals surface area contributed by atoms with Crippen molar-refractivity contribution < 1.29 is 90.7 Å². The molecule has 1 aliphatic carbocycles. The van der Waals surface area contributed by atoms with Crippen molar-refractivity contribution in [2.24, 2.45) is 5.41 Å². The zero-order valence-electron chi connectivity index (χ0n) is 34.0. The third-order valence-electron chi connectivity index (χ3n) is 9.47. The number of aliphatic hydroxyl groups excluding tert-OH is 4. The van der Waals surface area contributed by atoms with E-state index in [9.17, 15) is 68.1 Å². The van der Waals surface area contributed by atoms with Crippen molar-refractivity contribution in [1.82, 2.24) is 35.1 Å². The monoisotopic (exact) mass is 984 g/mol. The van der Waals surface area contributed by atoms with E-state index in [-0.39, 0.29) is 53.6 Å². The first kappa shape index (κ1) is 51.4. The Hall–Kier alpha value is -3.63. The van der Waals surface area contributed by atoms with Gasteiger partial charge in [0.2, 0.25) is 16.9 Å². The SMILES string of the molecule is CC(O)c1cc(C(=O)SCCNC(=O)CCNC(=O)C(O)C(C)(C)COP(=O)(O)OP(=O)(O)OCC2OC(n3cnc4c(N)ncnc43)C(O)C2OP(=O)(O)O)nc2c1C=CCC2O. The number of nitrogens with zero attached hydrogens (tertiary/aromatic N) is 5.